The van der Waals surface area contributed by atoms with Crippen LogP contribution in [0.2, 0.25) is 0 Å². The molecule has 1 unspecified atom stereocenters. The Morgan fingerprint density at radius 3 is 3.10 bits per heavy atom. The molecular weight excluding hydrogens is 318 g/mol. The molecule has 1 aliphatic heterocycles. The lowest BCUT2D eigenvalue weighted by molar-refractivity contribution is 0.107. The van der Waals surface area contributed by atoms with Crippen LogP contribution in [0, 0.1) is 5.92 Å². The Morgan fingerprint density at radius 2 is 2.30 bits per heavy atom. The van der Waals surface area contributed by atoms with Gasteiger partial charge in [-0.3, -0.25) is 0 Å². The van der Waals surface area contributed by atoms with E-state index in [2.05, 4.69) is 41.2 Å². The van der Waals surface area contributed by atoms with Gasteiger partial charge in [-0.05, 0) is 42.6 Å². The highest BCUT2D eigenvalue weighted by Gasteiger charge is 2.22. The van der Waals surface area contributed by atoms with Crippen molar-refractivity contribution in [2.75, 3.05) is 26.3 Å². The van der Waals surface area contributed by atoms with Crippen molar-refractivity contribution in [1.82, 2.24) is 5.32 Å². The summed E-state index contributed by atoms with van der Waals surface area (Å²) in [7, 11) is 0. The third-order valence-electron chi connectivity index (χ3n) is 3.23. The molecule has 0 fully saturated rings. The van der Waals surface area contributed by atoms with Crippen LogP contribution in [0.1, 0.15) is 25.8 Å². The Labute approximate surface area is 130 Å². The summed E-state index contributed by atoms with van der Waals surface area (Å²) >= 11 is 3.50. The fraction of sp³-hybridized carbons (Fsp3) is 0.625. The van der Waals surface area contributed by atoms with Gasteiger partial charge < -0.3 is 14.8 Å². The smallest absolute Gasteiger partial charge is 0.123 e. The predicted molar refractivity (Wildman–Crippen MR) is 85.4 cm³/mol. The van der Waals surface area contributed by atoms with Crippen LogP contribution in [-0.4, -0.2) is 32.4 Å². The summed E-state index contributed by atoms with van der Waals surface area (Å²) in [6.45, 7) is 7.92. The number of fused-ring (bicyclic) bond motifs is 1. The zero-order valence-electron chi connectivity index (χ0n) is 12.3. The molecule has 0 aromatic heterocycles. The minimum Gasteiger partial charge on any atom is -0.488 e. The van der Waals surface area contributed by atoms with E-state index in [1.807, 2.05) is 12.1 Å². The Bertz CT molecular complexity index is 423. The van der Waals surface area contributed by atoms with Crippen molar-refractivity contribution in [2.24, 2.45) is 5.92 Å². The molecule has 0 amide bonds. The highest BCUT2D eigenvalue weighted by atomic mass is 79.9. The summed E-state index contributed by atoms with van der Waals surface area (Å²) in [4.78, 5) is 0. The van der Waals surface area contributed by atoms with Crippen molar-refractivity contribution in [3.8, 4) is 5.75 Å². The van der Waals surface area contributed by atoms with Crippen LogP contribution in [-0.2, 0) is 11.2 Å². The molecule has 0 aliphatic carbocycles. The topological polar surface area (TPSA) is 30.5 Å². The standard InChI is InChI=1S/C16H24BrNO2/c1-12(2)11-19-7-3-6-18-10-15-9-13-8-14(17)4-5-16(13)20-15/h4-5,8,12,15,18H,3,6-7,9-11H2,1-2H3. The first-order valence-electron chi connectivity index (χ1n) is 7.38. The maximum absolute atomic E-state index is 5.91. The van der Waals surface area contributed by atoms with Crippen LogP contribution in [0.3, 0.4) is 0 Å². The van der Waals surface area contributed by atoms with Gasteiger partial charge in [0.1, 0.15) is 11.9 Å². The number of rotatable bonds is 8. The molecule has 1 aliphatic rings. The summed E-state index contributed by atoms with van der Waals surface area (Å²) in [5, 5.41) is 3.45. The fourth-order valence-corrected chi connectivity index (χ4v) is 2.69. The summed E-state index contributed by atoms with van der Waals surface area (Å²) in [5.41, 5.74) is 1.30. The predicted octanol–water partition coefficient (Wildman–Crippen LogP) is 3.40. The Kier molecular flexibility index (Phi) is 6.33. The van der Waals surface area contributed by atoms with Crippen LogP contribution < -0.4 is 10.1 Å². The van der Waals surface area contributed by atoms with Crippen molar-refractivity contribution in [3.63, 3.8) is 0 Å². The number of hydrogen-bond acceptors (Lipinski definition) is 3. The molecule has 4 heteroatoms. The Balaban J connectivity index is 1.56. The number of nitrogens with one attached hydrogen (secondary N) is 1. The van der Waals surface area contributed by atoms with Crippen LogP contribution in [0.4, 0.5) is 0 Å². The SMILES string of the molecule is CC(C)COCCCNCC1Cc2cc(Br)ccc2O1. The summed E-state index contributed by atoms with van der Waals surface area (Å²) in [6.07, 6.45) is 2.31. The number of benzene rings is 1. The molecule has 20 heavy (non-hydrogen) atoms. The van der Waals surface area contributed by atoms with E-state index in [1.165, 1.54) is 5.56 Å². The van der Waals surface area contributed by atoms with E-state index < -0.39 is 0 Å². The molecule has 0 saturated carbocycles. The fourth-order valence-electron chi connectivity index (χ4n) is 2.28. The minimum absolute atomic E-state index is 0.260. The van der Waals surface area contributed by atoms with Gasteiger partial charge in [0.25, 0.3) is 0 Å². The summed E-state index contributed by atoms with van der Waals surface area (Å²) < 4.78 is 12.6. The second kappa shape index (κ2) is 8.01. The largest absolute Gasteiger partial charge is 0.488 e. The maximum Gasteiger partial charge on any atom is 0.123 e. The molecular formula is C16H24BrNO2. The zero-order valence-corrected chi connectivity index (χ0v) is 13.9. The van der Waals surface area contributed by atoms with Gasteiger partial charge in [0, 0.05) is 30.7 Å². The normalized spacial score (nSPS) is 17.3. The molecule has 0 spiro atoms. The van der Waals surface area contributed by atoms with Gasteiger partial charge in [0.05, 0.1) is 0 Å². The highest BCUT2D eigenvalue weighted by molar-refractivity contribution is 9.10. The van der Waals surface area contributed by atoms with Gasteiger partial charge in [-0.25, -0.2) is 0 Å². The van der Waals surface area contributed by atoms with E-state index in [9.17, 15) is 0 Å². The zero-order chi connectivity index (χ0) is 14.4. The third kappa shape index (κ3) is 5.08. The first-order valence-corrected chi connectivity index (χ1v) is 8.18. The van der Waals surface area contributed by atoms with E-state index in [4.69, 9.17) is 9.47 Å². The second-order valence-electron chi connectivity index (χ2n) is 5.72. The highest BCUT2D eigenvalue weighted by Crippen LogP contribution is 2.30. The molecule has 0 radical (unpaired) electrons. The molecule has 1 N–H and O–H groups in total. The number of ether oxygens (including phenoxy) is 2. The molecule has 0 saturated heterocycles. The van der Waals surface area contributed by atoms with Crippen molar-refractivity contribution < 1.29 is 9.47 Å². The van der Waals surface area contributed by atoms with Crippen molar-refractivity contribution in [2.45, 2.75) is 32.8 Å². The number of hydrogen-bond donors (Lipinski definition) is 1. The van der Waals surface area contributed by atoms with Crippen molar-refractivity contribution in [3.05, 3.63) is 28.2 Å². The molecule has 3 nitrogen and oxygen atoms in total. The van der Waals surface area contributed by atoms with Crippen molar-refractivity contribution >= 4 is 15.9 Å². The monoisotopic (exact) mass is 341 g/mol. The van der Waals surface area contributed by atoms with E-state index >= 15 is 0 Å². The van der Waals surface area contributed by atoms with Crippen LogP contribution >= 0.6 is 15.9 Å². The molecule has 0 bridgehead atoms. The second-order valence-corrected chi connectivity index (χ2v) is 6.64. The van der Waals surface area contributed by atoms with Crippen LogP contribution in [0.15, 0.2) is 22.7 Å². The first-order chi connectivity index (χ1) is 9.65. The van der Waals surface area contributed by atoms with Gasteiger partial charge in [-0.15, -0.1) is 0 Å². The van der Waals surface area contributed by atoms with Crippen LogP contribution in [0.25, 0.3) is 0 Å². The summed E-state index contributed by atoms with van der Waals surface area (Å²) in [6, 6.07) is 6.22. The average Bonchev–Trinajstić information content (AvgIpc) is 2.79. The third-order valence-corrected chi connectivity index (χ3v) is 3.72. The van der Waals surface area contributed by atoms with Crippen LogP contribution in [0.5, 0.6) is 5.75 Å². The van der Waals surface area contributed by atoms with E-state index in [0.29, 0.717) is 5.92 Å². The maximum atomic E-state index is 5.91. The van der Waals surface area contributed by atoms with Crippen molar-refractivity contribution in [1.29, 1.82) is 0 Å². The molecule has 1 aromatic rings. The molecule has 1 atom stereocenters. The molecule has 1 aromatic carbocycles. The number of halogens is 1. The van der Waals surface area contributed by atoms with Gasteiger partial charge in [-0.2, -0.15) is 0 Å². The quantitative estimate of drug-likeness (QED) is 0.735. The lowest BCUT2D eigenvalue weighted by atomic mass is 10.1. The average molecular weight is 342 g/mol. The van der Waals surface area contributed by atoms with Gasteiger partial charge in [0.2, 0.25) is 0 Å². The van der Waals surface area contributed by atoms with Gasteiger partial charge in [-0.1, -0.05) is 29.8 Å². The Hall–Kier alpha value is -0.580. The molecule has 1 heterocycles. The lowest BCUT2D eigenvalue weighted by Gasteiger charge is -2.12. The van der Waals surface area contributed by atoms with Gasteiger partial charge >= 0.3 is 0 Å². The first kappa shape index (κ1) is 15.8. The minimum atomic E-state index is 0.260. The lowest BCUT2D eigenvalue weighted by Crippen LogP contribution is -2.31. The van der Waals surface area contributed by atoms with E-state index in [-0.39, 0.29) is 6.10 Å². The Morgan fingerprint density at radius 1 is 1.45 bits per heavy atom. The molecule has 112 valence electrons. The van der Waals surface area contributed by atoms with Gasteiger partial charge in [0.15, 0.2) is 0 Å². The molecule has 2 rings (SSSR count). The summed E-state index contributed by atoms with van der Waals surface area (Å²) in [5.74, 6) is 1.65. The van der Waals surface area contributed by atoms with E-state index in [1.54, 1.807) is 0 Å². The van der Waals surface area contributed by atoms with E-state index in [0.717, 1.165) is 49.4 Å².